The second kappa shape index (κ2) is 12.7. The number of fused-ring (bicyclic) bond motifs is 9. The second-order valence-corrected chi connectivity index (χ2v) is 16.0. The fourth-order valence-corrected chi connectivity index (χ4v) is 10.3. The Labute approximate surface area is 333 Å². The number of rotatable bonds is 5. The molecule has 0 radical (unpaired) electrons. The lowest BCUT2D eigenvalue weighted by molar-refractivity contribution is 1.18. The summed E-state index contributed by atoms with van der Waals surface area (Å²) >= 11 is 1.89. The molecule has 0 amide bonds. The average Bonchev–Trinajstić information content (AvgIpc) is 3.94. The van der Waals surface area contributed by atoms with Crippen LogP contribution in [0.1, 0.15) is 0 Å². The maximum atomic E-state index is 2.47. The van der Waals surface area contributed by atoms with Crippen LogP contribution < -0.4 is 0 Å². The van der Waals surface area contributed by atoms with Crippen molar-refractivity contribution in [3.63, 3.8) is 0 Å². The quantitative estimate of drug-likeness (QED) is 0.166. The van der Waals surface area contributed by atoms with Crippen LogP contribution in [0, 0.1) is 0 Å². The molecule has 3 heterocycles. The zero-order valence-electron chi connectivity index (χ0n) is 30.9. The number of aromatic nitrogens is 2. The zero-order valence-corrected chi connectivity index (χ0v) is 31.7. The Morgan fingerprint density at radius 2 is 0.807 bits per heavy atom. The Morgan fingerprint density at radius 1 is 0.281 bits per heavy atom. The summed E-state index contributed by atoms with van der Waals surface area (Å²) < 4.78 is 7.49. The van der Waals surface area contributed by atoms with Crippen LogP contribution >= 0.6 is 11.3 Å². The van der Waals surface area contributed by atoms with Gasteiger partial charge in [-0.15, -0.1) is 11.3 Å². The van der Waals surface area contributed by atoms with Crippen molar-refractivity contribution in [3.05, 3.63) is 206 Å². The maximum Gasteiger partial charge on any atom is 0.0547 e. The normalized spacial score (nSPS) is 11.9. The number of hydrogen-bond acceptors (Lipinski definition) is 1. The van der Waals surface area contributed by atoms with E-state index in [1.54, 1.807) is 0 Å². The van der Waals surface area contributed by atoms with Crippen LogP contribution in [-0.4, -0.2) is 9.13 Å². The van der Waals surface area contributed by atoms with E-state index in [1.807, 2.05) is 11.3 Å². The fourth-order valence-electron chi connectivity index (χ4n) is 9.06. The van der Waals surface area contributed by atoms with E-state index in [-0.39, 0.29) is 0 Å². The van der Waals surface area contributed by atoms with Crippen LogP contribution in [-0.2, 0) is 0 Å². The standard InChI is InChI=1S/C54H34N2S/c1-3-13-35(14-4-1)36-23-25-37(26-24-36)46-33-41(34-48-45-19-9-12-22-53(45)57-54(46)48)56-50-21-11-8-18-43(50)47-31-38(28-30-51(47)56)39-27-29-44-42-17-7-10-20-49(42)55(52(44)32-39)40-15-5-2-6-16-40/h1-34H. The van der Waals surface area contributed by atoms with Gasteiger partial charge >= 0.3 is 0 Å². The third kappa shape index (κ3) is 5.03. The Kier molecular flexibility index (Phi) is 7.13. The molecule has 12 rings (SSSR count). The molecule has 0 spiro atoms. The number of para-hydroxylation sites is 3. The summed E-state index contributed by atoms with van der Waals surface area (Å²) in [6.07, 6.45) is 0. The van der Waals surface area contributed by atoms with Crippen molar-refractivity contribution < 1.29 is 0 Å². The molecule has 2 nitrogen and oxygen atoms in total. The predicted molar refractivity (Wildman–Crippen MR) is 244 cm³/mol. The van der Waals surface area contributed by atoms with Crippen molar-refractivity contribution in [1.82, 2.24) is 9.13 Å². The lowest BCUT2D eigenvalue weighted by Crippen LogP contribution is -1.95. The predicted octanol–water partition coefficient (Wildman–Crippen LogP) is 15.2. The highest BCUT2D eigenvalue weighted by Gasteiger charge is 2.19. The molecule has 9 aromatic carbocycles. The van der Waals surface area contributed by atoms with Gasteiger partial charge in [0.05, 0.1) is 22.1 Å². The molecular weight excluding hydrogens is 709 g/mol. The summed E-state index contributed by atoms with van der Waals surface area (Å²) in [4.78, 5) is 0. The largest absolute Gasteiger partial charge is 0.309 e. The van der Waals surface area contributed by atoms with E-state index in [2.05, 4.69) is 215 Å². The van der Waals surface area contributed by atoms with Crippen molar-refractivity contribution in [1.29, 1.82) is 0 Å². The van der Waals surface area contributed by atoms with Crippen LogP contribution in [0.25, 0.3) is 109 Å². The number of benzene rings is 9. The highest BCUT2D eigenvalue weighted by Crippen LogP contribution is 2.44. The van der Waals surface area contributed by atoms with E-state index in [9.17, 15) is 0 Å². The summed E-state index contributed by atoms with van der Waals surface area (Å²) in [6, 6.07) is 75.7. The lowest BCUT2D eigenvalue weighted by atomic mass is 9.98. The first-order valence-electron chi connectivity index (χ1n) is 19.5. The summed E-state index contributed by atoms with van der Waals surface area (Å²) in [7, 11) is 0. The van der Waals surface area contributed by atoms with Crippen molar-refractivity contribution in [2.24, 2.45) is 0 Å². The van der Waals surface area contributed by atoms with Gasteiger partial charge < -0.3 is 9.13 Å². The zero-order chi connectivity index (χ0) is 37.5. The third-order valence-corrected chi connectivity index (χ3v) is 12.9. The van der Waals surface area contributed by atoms with Crippen LogP contribution in [0.4, 0.5) is 0 Å². The SMILES string of the molecule is c1ccc(-c2ccc(-c3cc(-n4c5ccccc5c5cc(-c6ccc7c8ccccc8n(-c8ccccc8)c7c6)ccc54)cc4c3sc3ccccc34)cc2)cc1. The van der Waals surface area contributed by atoms with Gasteiger partial charge in [0.15, 0.2) is 0 Å². The smallest absolute Gasteiger partial charge is 0.0547 e. The topological polar surface area (TPSA) is 9.86 Å². The highest BCUT2D eigenvalue weighted by molar-refractivity contribution is 7.26. The Bertz CT molecular complexity index is 3490. The van der Waals surface area contributed by atoms with Crippen LogP contribution in [0.2, 0.25) is 0 Å². The van der Waals surface area contributed by atoms with Crippen molar-refractivity contribution >= 4 is 75.1 Å². The van der Waals surface area contributed by atoms with Gasteiger partial charge in [0.1, 0.15) is 0 Å². The Balaban J connectivity index is 1.06. The molecule has 0 aliphatic carbocycles. The molecule has 0 aliphatic heterocycles. The molecule has 3 heteroatoms. The van der Waals surface area contributed by atoms with Gasteiger partial charge in [-0.1, -0.05) is 146 Å². The average molecular weight is 743 g/mol. The molecule has 0 aliphatic rings. The first kappa shape index (κ1) is 32.1. The van der Waals surface area contributed by atoms with Crippen LogP contribution in [0.15, 0.2) is 206 Å². The van der Waals surface area contributed by atoms with E-state index in [0.29, 0.717) is 0 Å². The van der Waals surface area contributed by atoms with Crippen LogP contribution in [0.3, 0.4) is 0 Å². The van der Waals surface area contributed by atoms with Gasteiger partial charge in [-0.2, -0.15) is 0 Å². The van der Waals surface area contributed by atoms with Crippen LogP contribution in [0.5, 0.6) is 0 Å². The minimum absolute atomic E-state index is 1.17. The minimum atomic E-state index is 1.17. The molecular formula is C54H34N2S. The fraction of sp³-hybridized carbons (Fsp3) is 0. The third-order valence-electron chi connectivity index (χ3n) is 11.7. The summed E-state index contributed by atoms with van der Waals surface area (Å²) in [5, 5.41) is 7.61. The molecule has 3 aromatic heterocycles. The monoisotopic (exact) mass is 742 g/mol. The number of nitrogens with zero attached hydrogens (tertiary/aromatic N) is 2. The molecule has 12 aromatic rings. The van der Waals surface area contributed by atoms with Gasteiger partial charge in [-0.25, -0.2) is 0 Å². The van der Waals surface area contributed by atoms with Crippen molar-refractivity contribution in [2.75, 3.05) is 0 Å². The van der Waals surface area contributed by atoms with E-state index >= 15 is 0 Å². The molecule has 0 bridgehead atoms. The number of hydrogen-bond donors (Lipinski definition) is 0. The van der Waals surface area contributed by atoms with Crippen molar-refractivity contribution in [2.45, 2.75) is 0 Å². The second-order valence-electron chi connectivity index (χ2n) is 14.9. The van der Waals surface area contributed by atoms with E-state index in [1.165, 1.54) is 109 Å². The lowest BCUT2D eigenvalue weighted by Gasteiger charge is -2.13. The summed E-state index contributed by atoms with van der Waals surface area (Å²) in [5.41, 5.74) is 14.5. The molecule has 266 valence electrons. The van der Waals surface area contributed by atoms with E-state index < -0.39 is 0 Å². The van der Waals surface area contributed by atoms with E-state index in [0.717, 1.165) is 0 Å². The highest BCUT2D eigenvalue weighted by atomic mass is 32.1. The first-order chi connectivity index (χ1) is 28.3. The molecule has 0 atom stereocenters. The first-order valence-corrected chi connectivity index (χ1v) is 20.3. The molecule has 0 N–H and O–H groups in total. The molecule has 57 heavy (non-hydrogen) atoms. The Morgan fingerprint density at radius 3 is 1.58 bits per heavy atom. The molecule has 0 unspecified atom stereocenters. The van der Waals surface area contributed by atoms with Gasteiger partial charge in [-0.05, 0) is 88.5 Å². The maximum absolute atomic E-state index is 2.47. The minimum Gasteiger partial charge on any atom is -0.309 e. The van der Waals surface area contributed by atoms with E-state index in [4.69, 9.17) is 0 Å². The molecule has 0 saturated heterocycles. The molecule has 0 saturated carbocycles. The van der Waals surface area contributed by atoms with Gasteiger partial charge in [0.25, 0.3) is 0 Å². The van der Waals surface area contributed by atoms with Gasteiger partial charge in [0, 0.05) is 58.7 Å². The Hall–Kier alpha value is -7.20. The number of thiophene rings is 1. The van der Waals surface area contributed by atoms with Gasteiger partial charge in [-0.3, -0.25) is 0 Å². The molecule has 0 fully saturated rings. The van der Waals surface area contributed by atoms with Gasteiger partial charge in [0.2, 0.25) is 0 Å². The van der Waals surface area contributed by atoms with Crippen molar-refractivity contribution in [3.8, 4) is 44.8 Å². The summed E-state index contributed by atoms with van der Waals surface area (Å²) in [5.74, 6) is 0. The summed E-state index contributed by atoms with van der Waals surface area (Å²) in [6.45, 7) is 0.